The number of nitrogen functional groups attached to an aromatic ring is 1. The van der Waals surface area contributed by atoms with Crippen molar-refractivity contribution in [2.45, 2.75) is 26.7 Å². The number of pyridine rings is 1. The van der Waals surface area contributed by atoms with Crippen LogP contribution in [0.25, 0.3) is 0 Å². The van der Waals surface area contributed by atoms with Gasteiger partial charge < -0.3 is 16.8 Å². The molecule has 5 N–H and O–H groups in total. The van der Waals surface area contributed by atoms with Crippen molar-refractivity contribution in [2.24, 2.45) is 5.73 Å². The molecule has 0 aliphatic rings. The summed E-state index contributed by atoms with van der Waals surface area (Å²) in [6, 6.07) is 9.25. The van der Waals surface area contributed by atoms with Crippen LogP contribution in [0, 0.1) is 6.92 Å². The number of primary amides is 1. The SMILES string of the molecule is Cc1cccc(C(C)C)c1Nc1nc(C(N)=O)ccc1N. The lowest BCUT2D eigenvalue weighted by molar-refractivity contribution is 0.0996. The fraction of sp³-hybridized carbons (Fsp3) is 0.250. The third-order valence-corrected chi connectivity index (χ3v) is 3.35. The first-order chi connectivity index (χ1) is 9.90. The minimum absolute atomic E-state index is 0.186. The van der Waals surface area contributed by atoms with Crippen LogP contribution in [0.5, 0.6) is 0 Å². The van der Waals surface area contributed by atoms with Gasteiger partial charge in [-0.1, -0.05) is 32.0 Å². The molecule has 0 unspecified atom stereocenters. The second-order valence-corrected chi connectivity index (χ2v) is 5.32. The smallest absolute Gasteiger partial charge is 0.267 e. The second kappa shape index (κ2) is 5.83. The number of amides is 1. The number of hydrogen-bond donors (Lipinski definition) is 3. The maximum absolute atomic E-state index is 11.3. The van der Waals surface area contributed by atoms with E-state index in [2.05, 4.69) is 30.2 Å². The van der Waals surface area contributed by atoms with Gasteiger partial charge in [0.15, 0.2) is 5.82 Å². The molecule has 0 aliphatic carbocycles. The number of benzene rings is 1. The van der Waals surface area contributed by atoms with E-state index in [1.807, 2.05) is 19.1 Å². The summed E-state index contributed by atoms with van der Waals surface area (Å²) in [4.78, 5) is 15.4. The molecule has 5 nitrogen and oxygen atoms in total. The van der Waals surface area contributed by atoms with Crippen molar-refractivity contribution >= 4 is 23.1 Å². The summed E-state index contributed by atoms with van der Waals surface area (Å²) in [5.41, 5.74) is 15.1. The lowest BCUT2D eigenvalue weighted by Gasteiger charge is -2.18. The molecule has 1 amide bonds. The first-order valence-corrected chi connectivity index (χ1v) is 6.83. The quantitative estimate of drug-likeness (QED) is 0.804. The number of carbonyl (C=O) groups excluding carboxylic acids is 1. The van der Waals surface area contributed by atoms with E-state index in [0.29, 0.717) is 17.4 Å². The Kier molecular flexibility index (Phi) is 4.12. The van der Waals surface area contributed by atoms with E-state index in [1.54, 1.807) is 6.07 Å². The highest BCUT2D eigenvalue weighted by atomic mass is 16.1. The largest absolute Gasteiger partial charge is 0.396 e. The Morgan fingerprint density at radius 3 is 2.57 bits per heavy atom. The molecule has 0 aliphatic heterocycles. The summed E-state index contributed by atoms with van der Waals surface area (Å²) >= 11 is 0. The molecule has 1 aromatic carbocycles. The van der Waals surface area contributed by atoms with Crippen LogP contribution >= 0.6 is 0 Å². The third kappa shape index (κ3) is 3.13. The molecule has 0 saturated carbocycles. The molecule has 0 spiro atoms. The van der Waals surface area contributed by atoms with Crippen LogP contribution in [0.3, 0.4) is 0 Å². The zero-order chi connectivity index (χ0) is 15.6. The summed E-state index contributed by atoms with van der Waals surface area (Å²) in [5, 5.41) is 3.24. The topological polar surface area (TPSA) is 94.0 Å². The molecule has 0 atom stereocenters. The lowest BCUT2D eigenvalue weighted by atomic mass is 9.98. The number of aryl methyl sites for hydroxylation is 1. The van der Waals surface area contributed by atoms with Crippen LogP contribution in [0.15, 0.2) is 30.3 Å². The van der Waals surface area contributed by atoms with Gasteiger partial charge in [0.1, 0.15) is 5.69 Å². The highest BCUT2D eigenvalue weighted by molar-refractivity contribution is 5.92. The van der Waals surface area contributed by atoms with E-state index in [4.69, 9.17) is 11.5 Å². The average Bonchev–Trinajstić information content (AvgIpc) is 2.42. The molecule has 0 bridgehead atoms. The number of aromatic nitrogens is 1. The normalized spacial score (nSPS) is 10.7. The molecule has 2 rings (SSSR count). The van der Waals surface area contributed by atoms with Crippen LogP contribution in [-0.2, 0) is 0 Å². The zero-order valence-corrected chi connectivity index (χ0v) is 12.5. The van der Waals surface area contributed by atoms with Gasteiger partial charge in [-0.05, 0) is 36.1 Å². The number of para-hydroxylation sites is 1. The number of carbonyl (C=O) groups is 1. The molecular weight excluding hydrogens is 264 g/mol. The van der Waals surface area contributed by atoms with E-state index in [-0.39, 0.29) is 5.69 Å². The minimum atomic E-state index is -0.577. The summed E-state index contributed by atoms with van der Waals surface area (Å²) in [6.07, 6.45) is 0. The van der Waals surface area contributed by atoms with Gasteiger partial charge in [0, 0.05) is 5.69 Å². The van der Waals surface area contributed by atoms with Crippen LogP contribution < -0.4 is 16.8 Å². The Morgan fingerprint density at radius 1 is 1.24 bits per heavy atom. The van der Waals surface area contributed by atoms with Crippen LogP contribution in [-0.4, -0.2) is 10.9 Å². The van der Waals surface area contributed by atoms with E-state index in [0.717, 1.165) is 11.3 Å². The molecule has 1 heterocycles. The Labute approximate surface area is 124 Å². The first-order valence-electron chi connectivity index (χ1n) is 6.83. The molecule has 0 radical (unpaired) electrons. The molecule has 2 aromatic rings. The van der Waals surface area contributed by atoms with Crippen molar-refractivity contribution in [3.8, 4) is 0 Å². The van der Waals surface area contributed by atoms with E-state index in [1.165, 1.54) is 11.6 Å². The second-order valence-electron chi connectivity index (χ2n) is 5.32. The van der Waals surface area contributed by atoms with Crippen molar-refractivity contribution < 1.29 is 4.79 Å². The van der Waals surface area contributed by atoms with E-state index < -0.39 is 5.91 Å². The van der Waals surface area contributed by atoms with Crippen molar-refractivity contribution in [3.05, 3.63) is 47.2 Å². The standard InChI is InChI=1S/C16H20N4O/c1-9(2)11-6-4-5-10(3)14(11)20-16-12(17)7-8-13(19-16)15(18)21/h4-9H,17H2,1-3H3,(H2,18,21)(H,19,20). The van der Waals surface area contributed by atoms with Crippen LogP contribution in [0.4, 0.5) is 17.2 Å². The molecule has 1 aromatic heterocycles. The fourth-order valence-electron chi connectivity index (χ4n) is 2.17. The Balaban J connectivity index is 2.47. The van der Waals surface area contributed by atoms with Gasteiger partial charge in [0.2, 0.25) is 0 Å². The average molecular weight is 284 g/mol. The zero-order valence-electron chi connectivity index (χ0n) is 12.5. The van der Waals surface area contributed by atoms with E-state index >= 15 is 0 Å². The van der Waals surface area contributed by atoms with Gasteiger partial charge in [-0.15, -0.1) is 0 Å². The van der Waals surface area contributed by atoms with Crippen molar-refractivity contribution in [1.82, 2.24) is 4.98 Å². The number of nitrogens with zero attached hydrogens (tertiary/aromatic N) is 1. The van der Waals surface area contributed by atoms with Crippen LogP contribution in [0.2, 0.25) is 0 Å². The maximum atomic E-state index is 11.3. The predicted molar refractivity (Wildman–Crippen MR) is 85.7 cm³/mol. The van der Waals surface area contributed by atoms with Gasteiger partial charge in [-0.3, -0.25) is 4.79 Å². The minimum Gasteiger partial charge on any atom is -0.396 e. The Hall–Kier alpha value is -2.56. The maximum Gasteiger partial charge on any atom is 0.267 e. The Bertz CT molecular complexity index is 680. The lowest BCUT2D eigenvalue weighted by Crippen LogP contribution is -2.14. The molecule has 110 valence electrons. The van der Waals surface area contributed by atoms with E-state index in [9.17, 15) is 4.79 Å². The van der Waals surface area contributed by atoms with Gasteiger partial charge >= 0.3 is 0 Å². The van der Waals surface area contributed by atoms with Gasteiger partial charge in [0.05, 0.1) is 5.69 Å². The van der Waals surface area contributed by atoms with Crippen LogP contribution in [0.1, 0.15) is 41.4 Å². The summed E-state index contributed by atoms with van der Waals surface area (Å²) in [7, 11) is 0. The molecule has 0 fully saturated rings. The van der Waals surface area contributed by atoms with Crippen molar-refractivity contribution in [1.29, 1.82) is 0 Å². The number of hydrogen-bond acceptors (Lipinski definition) is 4. The van der Waals surface area contributed by atoms with Crippen molar-refractivity contribution in [3.63, 3.8) is 0 Å². The third-order valence-electron chi connectivity index (χ3n) is 3.35. The summed E-state index contributed by atoms with van der Waals surface area (Å²) in [5.74, 6) is 0.224. The number of anilines is 3. The summed E-state index contributed by atoms with van der Waals surface area (Å²) in [6.45, 7) is 6.26. The monoisotopic (exact) mass is 284 g/mol. The van der Waals surface area contributed by atoms with Crippen molar-refractivity contribution in [2.75, 3.05) is 11.1 Å². The summed E-state index contributed by atoms with van der Waals surface area (Å²) < 4.78 is 0. The highest BCUT2D eigenvalue weighted by Crippen LogP contribution is 2.31. The number of nitrogens with two attached hydrogens (primary N) is 2. The molecule has 0 saturated heterocycles. The fourth-order valence-corrected chi connectivity index (χ4v) is 2.17. The van der Waals surface area contributed by atoms with Gasteiger partial charge in [0.25, 0.3) is 5.91 Å². The molecule has 21 heavy (non-hydrogen) atoms. The first kappa shape index (κ1) is 14.8. The molecule has 5 heteroatoms. The Morgan fingerprint density at radius 2 is 1.95 bits per heavy atom. The highest BCUT2D eigenvalue weighted by Gasteiger charge is 2.12. The predicted octanol–water partition coefficient (Wildman–Crippen LogP) is 2.94. The number of nitrogens with one attached hydrogen (secondary N) is 1. The number of rotatable bonds is 4. The van der Waals surface area contributed by atoms with Gasteiger partial charge in [-0.25, -0.2) is 4.98 Å². The molecular formula is C16H20N4O. The van der Waals surface area contributed by atoms with Gasteiger partial charge in [-0.2, -0.15) is 0 Å².